The summed E-state index contributed by atoms with van der Waals surface area (Å²) in [5.41, 5.74) is 4.10. The molecule has 0 amide bonds. The van der Waals surface area contributed by atoms with Gasteiger partial charge in [-0.25, -0.2) is 4.98 Å². The lowest BCUT2D eigenvalue weighted by Gasteiger charge is -2.27. The summed E-state index contributed by atoms with van der Waals surface area (Å²) in [4.78, 5) is 3.39. The molecule has 2 nitrogen and oxygen atoms in total. The first-order chi connectivity index (χ1) is 8.00. The molecular weight excluding hydrogens is 361 g/mol. The molecule has 0 aliphatic heterocycles. The van der Waals surface area contributed by atoms with E-state index >= 15 is 0 Å². The van der Waals surface area contributed by atoms with Gasteiger partial charge in [-0.05, 0) is 0 Å². The van der Waals surface area contributed by atoms with Gasteiger partial charge in [0.15, 0.2) is 0 Å². The van der Waals surface area contributed by atoms with Gasteiger partial charge in [0.05, 0.1) is 10.0 Å². The van der Waals surface area contributed by atoms with Crippen LogP contribution in [-0.2, 0) is 0 Å². The Hall–Kier alpha value is -0.0800. The number of pyridine rings is 1. The van der Waals surface area contributed by atoms with E-state index in [0.29, 0.717) is 0 Å². The third-order valence-electron chi connectivity index (χ3n) is 2.05. The fraction of sp³-hybridized carbons (Fsp3) is 0.375. The van der Waals surface area contributed by atoms with Crippen LogP contribution in [0.4, 0.5) is 22.0 Å². The van der Waals surface area contributed by atoms with Crippen molar-refractivity contribution < 1.29 is 22.0 Å². The maximum atomic E-state index is 13.1. The Morgan fingerprint density at radius 1 is 1.11 bits per heavy atom. The summed E-state index contributed by atoms with van der Waals surface area (Å²) < 4.78 is 62.6. The molecule has 1 aromatic heterocycles. The average Bonchev–Trinajstić information content (AvgIpc) is 2.22. The Balaban J connectivity index is 0.00000324. The van der Waals surface area contributed by atoms with Gasteiger partial charge in [0, 0.05) is 11.8 Å². The predicted molar refractivity (Wildman–Crippen MR) is 64.4 cm³/mol. The molecule has 0 unspecified atom stereocenters. The van der Waals surface area contributed by atoms with Crippen molar-refractivity contribution in [2.45, 2.75) is 18.1 Å². The summed E-state index contributed by atoms with van der Waals surface area (Å²) in [5.74, 6) is -5.20. The van der Waals surface area contributed by atoms with Gasteiger partial charge < -0.3 is 5.73 Å². The molecule has 1 rings (SSSR count). The van der Waals surface area contributed by atoms with E-state index in [9.17, 15) is 22.0 Å². The molecule has 0 aliphatic carbocycles. The van der Waals surface area contributed by atoms with Gasteiger partial charge >= 0.3 is 12.1 Å². The van der Waals surface area contributed by atoms with Crippen molar-refractivity contribution in [1.82, 2.24) is 4.98 Å². The highest BCUT2D eigenvalue weighted by molar-refractivity contribution is 6.43. The van der Waals surface area contributed by atoms with Crippen LogP contribution in [0.5, 0.6) is 0 Å². The van der Waals surface area contributed by atoms with Crippen molar-refractivity contribution in [2.75, 3.05) is 0 Å². The standard InChI is InChI=1S/C8H4Cl3F5N2.ClH/c9-2-1-18-6(11)4(10)3(2)5(17)7(12,13)8(14,15)16;/h1,5H,17H2;1H/t5-;/m0./s1. The SMILES string of the molecule is Cl.N[C@@H](c1c(Cl)cnc(Cl)c1Cl)C(F)(F)C(F)(F)F. The van der Waals surface area contributed by atoms with Crippen molar-refractivity contribution in [2.24, 2.45) is 5.73 Å². The zero-order valence-electron chi connectivity index (χ0n) is 8.61. The predicted octanol–water partition coefficient (Wildman–Crippen LogP) is 4.66. The lowest BCUT2D eigenvalue weighted by Crippen LogP contribution is -2.46. The van der Waals surface area contributed by atoms with Crippen LogP contribution < -0.4 is 5.73 Å². The summed E-state index contributed by atoms with van der Waals surface area (Å²) in [5, 5.41) is -1.63. The number of aromatic nitrogens is 1. The lowest BCUT2D eigenvalue weighted by molar-refractivity contribution is -0.290. The number of hydrogen-bond donors (Lipinski definition) is 1. The molecule has 0 aromatic carbocycles. The summed E-state index contributed by atoms with van der Waals surface area (Å²) in [7, 11) is 0. The molecule has 19 heavy (non-hydrogen) atoms. The third kappa shape index (κ3) is 3.52. The molecule has 110 valence electrons. The number of hydrogen-bond acceptors (Lipinski definition) is 2. The lowest BCUT2D eigenvalue weighted by atomic mass is 10.0. The number of halogens is 9. The van der Waals surface area contributed by atoms with Gasteiger partial charge in [0.1, 0.15) is 11.2 Å². The smallest absolute Gasteiger partial charge is 0.319 e. The van der Waals surface area contributed by atoms with E-state index in [-0.39, 0.29) is 12.4 Å². The summed E-state index contributed by atoms with van der Waals surface area (Å²) in [6.45, 7) is 0. The molecule has 1 aromatic rings. The average molecular weight is 366 g/mol. The van der Waals surface area contributed by atoms with Crippen LogP contribution in [0.1, 0.15) is 11.6 Å². The molecule has 1 atom stereocenters. The maximum absolute atomic E-state index is 13.1. The van der Waals surface area contributed by atoms with Crippen LogP contribution in [0.15, 0.2) is 6.20 Å². The highest BCUT2D eigenvalue weighted by Crippen LogP contribution is 2.47. The Labute approximate surface area is 125 Å². The zero-order chi connectivity index (χ0) is 14.3. The fourth-order valence-electron chi connectivity index (χ4n) is 1.10. The summed E-state index contributed by atoms with van der Waals surface area (Å²) >= 11 is 16.4. The largest absolute Gasteiger partial charge is 0.455 e. The van der Waals surface area contributed by atoms with E-state index in [0.717, 1.165) is 6.20 Å². The maximum Gasteiger partial charge on any atom is 0.455 e. The molecular formula is C8H5Cl4F5N2. The second-order valence-electron chi connectivity index (χ2n) is 3.22. The Morgan fingerprint density at radius 3 is 2.00 bits per heavy atom. The molecule has 11 heteroatoms. The van der Waals surface area contributed by atoms with E-state index in [4.69, 9.17) is 40.5 Å². The minimum atomic E-state index is -5.84. The van der Waals surface area contributed by atoms with Gasteiger partial charge in [-0.2, -0.15) is 22.0 Å². The van der Waals surface area contributed by atoms with Crippen molar-refractivity contribution in [3.8, 4) is 0 Å². The number of nitrogens with two attached hydrogens (primary N) is 1. The monoisotopic (exact) mass is 364 g/mol. The normalized spacial score (nSPS) is 13.9. The molecule has 0 bridgehead atoms. The minimum absolute atomic E-state index is 0. The molecule has 0 saturated heterocycles. The summed E-state index contributed by atoms with van der Waals surface area (Å²) in [6, 6.07) is -2.78. The Kier molecular flexibility index (Phi) is 6.11. The Bertz CT molecular complexity index is 465. The van der Waals surface area contributed by atoms with Gasteiger partial charge in [-0.15, -0.1) is 12.4 Å². The van der Waals surface area contributed by atoms with Gasteiger partial charge in [0.25, 0.3) is 0 Å². The second-order valence-corrected chi connectivity index (χ2v) is 4.37. The first-order valence-corrected chi connectivity index (χ1v) is 5.33. The van der Waals surface area contributed by atoms with Crippen LogP contribution >= 0.6 is 47.2 Å². The quantitative estimate of drug-likeness (QED) is 0.611. The van der Waals surface area contributed by atoms with Gasteiger partial charge in [-0.1, -0.05) is 34.8 Å². The van der Waals surface area contributed by atoms with Crippen LogP contribution in [0.25, 0.3) is 0 Å². The molecule has 1 heterocycles. The molecule has 0 radical (unpaired) electrons. The van der Waals surface area contributed by atoms with Crippen molar-refractivity contribution in [3.05, 3.63) is 27.0 Å². The fourth-order valence-corrected chi connectivity index (χ4v) is 1.83. The third-order valence-corrected chi connectivity index (χ3v) is 3.11. The van der Waals surface area contributed by atoms with Crippen LogP contribution in [-0.4, -0.2) is 17.1 Å². The number of nitrogens with zero attached hydrogens (tertiary/aromatic N) is 1. The van der Waals surface area contributed by atoms with E-state index in [1.807, 2.05) is 0 Å². The van der Waals surface area contributed by atoms with Crippen LogP contribution in [0.2, 0.25) is 15.2 Å². The highest BCUT2D eigenvalue weighted by Gasteiger charge is 2.62. The van der Waals surface area contributed by atoms with E-state index in [1.165, 1.54) is 0 Å². The zero-order valence-corrected chi connectivity index (χ0v) is 11.7. The van der Waals surface area contributed by atoms with Crippen molar-refractivity contribution >= 4 is 47.2 Å². The molecule has 0 spiro atoms. The molecule has 0 aliphatic rings. The van der Waals surface area contributed by atoms with E-state index < -0.39 is 38.9 Å². The van der Waals surface area contributed by atoms with Gasteiger partial charge in [-0.3, -0.25) is 0 Å². The Morgan fingerprint density at radius 2 is 1.58 bits per heavy atom. The van der Waals surface area contributed by atoms with E-state index in [2.05, 4.69) is 4.98 Å². The van der Waals surface area contributed by atoms with Crippen LogP contribution in [0, 0.1) is 0 Å². The number of alkyl halides is 5. The first kappa shape index (κ1) is 18.9. The topological polar surface area (TPSA) is 38.9 Å². The van der Waals surface area contributed by atoms with Crippen molar-refractivity contribution in [1.29, 1.82) is 0 Å². The van der Waals surface area contributed by atoms with Gasteiger partial charge in [0.2, 0.25) is 0 Å². The van der Waals surface area contributed by atoms with E-state index in [1.54, 1.807) is 0 Å². The van der Waals surface area contributed by atoms with Crippen molar-refractivity contribution in [3.63, 3.8) is 0 Å². The number of rotatable bonds is 2. The summed E-state index contributed by atoms with van der Waals surface area (Å²) in [6.07, 6.45) is -5.05. The van der Waals surface area contributed by atoms with Crippen LogP contribution in [0.3, 0.4) is 0 Å². The second kappa shape index (κ2) is 6.13. The first-order valence-electron chi connectivity index (χ1n) is 4.19. The molecule has 0 fully saturated rings. The minimum Gasteiger partial charge on any atom is -0.319 e. The molecule has 0 saturated carbocycles. The highest BCUT2D eigenvalue weighted by atomic mass is 35.5. The molecule has 2 N–H and O–H groups in total.